The van der Waals surface area contributed by atoms with Gasteiger partial charge in [-0.1, -0.05) is 13.0 Å². The van der Waals surface area contributed by atoms with E-state index in [0.717, 1.165) is 12.0 Å². The lowest BCUT2D eigenvalue weighted by Gasteiger charge is -2.49. The van der Waals surface area contributed by atoms with Gasteiger partial charge in [0.1, 0.15) is 17.3 Å². The van der Waals surface area contributed by atoms with Gasteiger partial charge >= 0.3 is 12.0 Å². The van der Waals surface area contributed by atoms with Gasteiger partial charge in [-0.3, -0.25) is 4.57 Å². The third kappa shape index (κ3) is 4.04. The van der Waals surface area contributed by atoms with Crippen LogP contribution in [0, 0.1) is 11.3 Å². The zero-order chi connectivity index (χ0) is 25.0. The van der Waals surface area contributed by atoms with E-state index in [1.165, 1.54) is 10.6 Å². The van der Waals surface area contributed by atoms with Gasteiger partial charge in [0.15, 0.2) is 17.3 Å². The highest BCUT2D eigenvalue weighted by molar-refractivity contribution is 5.86. The molecule has 0 saturated carbocycles. The number of anilines is 1. The molecule has 11 heteroatoms. The number of halogens is 2. The maximum absolute atomic E-state index is 13.5. The molecule has 0 unspecified atom stereocenters. The van der Waals surface area contributed by atoms with E-state index in [1.54, 1.807) is 31.3 Å². The van der Waals surface area contributed by atoms with Crippen molar-refractivity contribution in [3.05, 3.63) is 52.1 Å². The first-order valence-electron chi connectivity index (χ1n) is 11.3. The van der Waals surface area contributed by atoms with Crippen LogP contribution >= 0.6 is 0 Å². The molecule has 0 amide bonds. The Morgan fingerprint density at radius 3 is 2.74 bits per heavy atom. The van der Waals surface area contributed by atoms with Gasteiger partial charge in [-0.15, -0.1) is 8.78 Å². The third-order valence-electron chi connectivity index (χ3n) is 6.68. The highest BCUT2D eigenvalue weighted by atomic mass is 19.3. The summed E-state index contributed by atoms with van der Waals surface area (Å²) >= 11 is 0. The van der Waals surface area contributed by atoms with Crippen LogP contribution in [0.4, 0.5) is 14.6 Å². The molecule has 1 fully saturated rings. The van der Waals surface area contributed by atoms with Gasteiger partial charge in [0.25, 0.3) is 0 Å². The summed E-state index contributed by atoms with van der Waals surface area (Å²) in [6.07, 6.45) is -2.39. The minimum Gasteiger partial charge on any atom is -0.395 e. The summed E-state index contributed by atoms with van der Waals surface area (Å²) in [7, 11) is 1.61. The van der Waals surface area contributed by atoms with E-state index in [1.807, 2.05) is 6.92 Å². The molecule has 182 valence electrons. The predicted molar refractivity (Wildman–Crippen MR) is 124 cm³/mol. The van der Waals surface area contributed by atoms with Crippen molar-refractivity contribution in [3.63, 3.8) is 0 Å². The molecule has 2 aromatic heterocycles. The predicted octanol–water partition coefficient (Wildman–Crippen LogP) is 2.71. The molecular formula is C24H24F2N6O3. The van der Waals surface area contributed by atoms with Gasteiger partial charge in [-0.25, -0.2) is 9.78 Å². The van der Waals surface area contributed by atoms with Crippen LogP contribution < -0.4 is 25.4 Å². The molecule has 5 rings (SSSR count). The molecule has 3 aromatic rings. The monoisotopic (exact) mass is 482 g/mol. The Hall–Kier alpha value is -3.78. The Labute approximate surface area is 199 Å². The Balaban J connectivity index is 1.60. The summed E-state index contributed by atoms with van der Waals surface area (Å²) in [5.41, 5.74) is 0.974. The summed E-state index contributed by atoms with van der Waals surface area (Å²) in [4.78, 5) is 23.7. The summed E-state index contributed by atoms with van der Waals surface area (Å²) in [6, 6.07) is 10.2. The normalized spacial score (nSPS) is 22.9. The molecule has 0 spiro atoms. The van der Waals surface area contributed by atoms with E-state index in [4.69, 9.17) is 0 Å². The number of fused-ring (bicyclic) bond motifs is 2. The van der Waals surface area contributed by atoms with Crippen LogP contribution in [0.5, 0.6) is 11.5 Å². The smallest absolute Gasteiger partial charge is 0.395 e. The van der Waals surface area contributed by atoms with E-state index in [9.17, 15) is 18.8 Å². The second kappa shape index (κ2) is 8.16. The second-order valence-corrected chi connectivity index (χ2v) is 9.17. The van der Waals surface area contributed by atoms with Crippen molar-refractivity contribution in [1.82, 2.24) is 19.9 Å². The number of aromatic nitrogens is 3. The molecule has 1 N–H and O–H groups in total. The van der Waals surface area contributed by atoms with Gasteiger partial charge < -0.3 is 19.7 Å². The minimum atomic E-state index is -3.69. The van der Waals surface area contributed by atoms with Gasteiger partial charge in [-0.2, -0.15) is 10.2 Å². The van der Waals surface area contributed by atoms with Crippen LogP contribution in [-0.2, 0) is 13.5 Å². The third-order valence-corrected chi connectivity index (χ3v) is 6.68. The fourth-order valence-corrected chi connectivity index (χ4v) is 4.74. The lowest BCUT2D eigenvalue weighted by Crippen LogP contribution is -2.65. The van der Waals surface area contributed by atoms with E-state index in [0.29, 0.717) is 36.4 Å². The zero-order valence-electron chi connectivity index (χ0n) is 19.5. The number of alkyl halides is 2. The first-order valence-corrected chi connectivity index (χ1v) is 11.3. The molecule has 2 aliphatic heterocycles. The number of nitrogens with zero attached hydrogens (tertiary/aromatic N) is 5. The van der Waals surface area contributed by atoms with Crippen molar-refractivity contribution >= 4 is 16.9 Å². The lowest BCUT2D eigenvalue weighted by molar-refractivity contribution is -0.286. The average Bonchev–Trinajstić information content (AvgIpc) is 3.14. The molecule has 0 bridgehead atoms. The number of benzene rings is 1. The van der Waals surface area contributed by atoms with Crippen molar-refractivity contribution in [2.24, 2.45) is 7.05 Å². The van der Waals surface area contributed by atoms with Gasteiger partial charge in [0.2, 0.25) is 0 Å². The maximum Gasteiger partial charge on any atom is 0.586 e. The molecule has 1 aromatic carbocycles. The summed E-state index contributed by atoms with van der Waals surface area (Å²) in [5.74, 6) is 0.367. The molecule has 9 nitrogen and oxygen atoms in total. The Morgan fingerprint density at radius 2 is 2.00 bits per heavy atom. The van der Waals surface area contributed by atoms with Crippen molar-refractivity contribution in [1.29, 1.82) is 5.26 Å². The molecule has 0 aliphatic carbocycles. The number of hydrogen-bond donors (Lipinski definition) is 1. The largest absolute Gasteiger partial charge is 0.586 e. The van der Waals surface area contributed by atoms with Gasteiger partial charge in [-0.05, 0) is 49.6 Å². The van der Waals surface area contributed by atoms with Crippen LogP contribution in [0.15, 0.2) is 35.1 Å². The molecule has 1 saturated heterocycles. The van der Waals surface area contributed by atoms with Gasteiger partial charge in [0, 0.05) is 26.2 Å². The Kier molecular flexibility index (Phi) is 5.36. The van der Waals surface area contributed by atoms with Crippen molar-refractivity contribution in [2.75, 3.05) is 18.0 Å². The maximum atomic E-state index is 13.5. The second-order valence-electron chi connectivity index (χ2n) is 9.17. The van der Waals surface area contributed by atoms with Crippen LogP contribution in [0.2, 0.25) is 0 Å². The molecule has 4 heterocycles. The highest BCUT2D eigenvalue weighted by Gasteiger charge is 2.44. The first-order chi connectivity index (χ1) is 16.6. The van der Waals surface area contributed by atoms with E-state index < -0.39 is 17.5 Å². The van der Waals surface area contributed by atoms with Crippen molar-refractivity contribution in [3.8, 4) is 17.6 Å². The van der Waals surface area contributed by atoms with Gasteiger partial charge in [0.05, 0.1) is 11.1 Å². The molecular weight excluding hydrogens is 458 g/mol. The number of nitriles is 1. The van der Waals surface area contributed by atoms with E-state index in [2.05, 4.69) is 42.7 Å². The fraction of sp³-hybridized carbons (Fsp3) is 0.417. The average molecular weight is 482 g/mol. The van der Waals surface area contributed by atoms with Crippen molar-refractivity contribution < 1.29 is 18.3 Å². The number of pyridine rings is 1. The standard InChI is InChI=1S/C24H24F2N6O3/c1-4-15-12-32(21-20-17(31(3)22(33)30-21)7-6-16(11-27)29-20)23(2,13-28-15)10-14-5-8-18-19(9-14)35-24(25,26)34-18/h5-9,15,28H,4,10,12-13H2,1-3H3/t15-,23+/m1/s1. The molecule has 0 radical (unpaired) electrons. The molecule has 2 aliphatic rings. The number of nitrogens with one attached hydrogen (secondary N) is 1. The molecule has 2 atom stereocenters. The number of piperazine rings is 1. The van der Waals surface area contributed by atoms with Crippen molar-refractivity contribution in [2.45, 2.75) is 44.6 Å². The fourth-order valence-electron chi connectivity index (χ4n) is 4.74. The number of ether oxygens (including phenoxy) is 2. The Bertz CT molecular complexity index is 1420. The van der Waals surface area contributed by atoms with Crippen LogP contribution in [0.1, 0.15) is 31.5 Å². The zero-order valence-corrected chi connectivity index (χ0v) is 19.5. The quantitative estimate of drug-likeness (QED) is 0.605. The van der Waals surface area contributed by atoms with Crippen LogP contribution in [0.3, 0.4) is 0 Å². The summed E-state index contributed by atoms with van der Waals surface area (Å²) in [6.45, 7) is 5.18. The Morgan fingerprint density at radius 1 is 1.23 bits per heavy atom. The van der Waals surface area contributed by atoms with E-state index >= 15 is 0 Å². The SMILES string of the molecule is CC[C@@H]1CN(c2nc(=O)n(C)c3ccc(C#N)nc23)[C@@](C)(Cc2ccc3c(c2)OC(F)(F)O3)CN1. The summed E-state index contributed by atoms with van der Waals surface area (Å²) < 4.78 is 37.6. The van der Waals surface area contributed by atoms with Crippen LogP contribution in [0.25, 0.3) is 11.0 Å². The summed E-state index contributed by atoms with van der Waals surface area (Å²) in [5, 5.41) is 13.0. The lowest BCUT2D eigenvalue weighted by atomic mass is 9.87. The topological polar surface area (TPSA) is 105 Å². The number of aryl methyl sites for hydroxylation is 1. The highest BCUT2D eigenvalue weighted by Crippen LogP contribution is 2.42. The number of hydrogen-bond acceptors (Lipinski definition) is 8. The first kappa shape index (κ1) is 23.0. The number of rotatable bonds is 4. The minimum absolute atomic E-state index is 0.0129. The van der Waals surface area contributed by atoms with Crippen LogP contribution in [-0.4, -0.2) is 45.5 Å². The van der Waals surface area contributed by atoms with E-state index in [-0.39, 0.29) is 23.2 Å². The molecule has 35 heavy (non-hydrogen) atoms.